The predicted molar refractivity (Wildman–Crippen MR) is 93.1 cm³/mol. The summed E-state index contributed by atoms with van der Waals surface area (Å²) in [7, 11) is 0. The fraction of sp³-hybridized carbons (Fsp3) is 0.250. The summed E-state index contributed by atoms with van der Waals surface area (Å²) < 4.78 is 5.29. The van der Waals surface area contributed by atoms with Gasteiger partial charge in [0, 0.05) is 11.3 Å². The van der Waals surface area contributed by atoms with Crippen LogP contribution in [-0.4, -0.2) is 18.1 Å². The van der Waals surface area contributed by atoms with Crippen molar-refractivity contribution in [3.8, 4) is 11.8 Å². The zero-order valence-corrected chi connectivity index (χ0v) is 13.7. The zero-order chi connectivity index (χ0) is 16.7. The average Bonchev–Trinajstić information content (AvgIpc) is 2.53. The molecule has 1 N–H and O–H groups in total. The van der Waals surface area contributed by atoms with Gasteiger partial charge in [-0.15, -0.1) is 0 Å². The third-order valence-corrected chi connectivity index (χ3v) is 3.08. The van der Waals surface area contributed by atoms with Crippen LogP contribution in [0.4, 0.5) is 5.69 Å². The van der Waals surface area contributed by atoms with E-state index in [1.54, 1.807) is 0 Å². The third kappa shape index (κ3) is 5.52. The van der Waals surface area contributed by atoms with Gasteiger partial charge in [-0.3, -0.25) is 0 Å². The monoisotopic (exact) mass is 307 g/mol. The molecule has 2 aromatic carbocycles. The Morgan fingerprint density at radius 3 is 2.30 bits per heavy atom. The van der Waals surface area contributed by atoms with Gasteiger partial charge in [0.05, 0.1) is 6.10 Å². The Morgan fingerprint density at radius 2 is 1.70 bits per heavy atom. The van der Waals surface area contributed by atoms with E-state index < -0.39 is 6.04 Å². The number of aryl methyl sites for hydroxylation is 1. The fourth-order valence-corrected chi connectivity index (χ4v) is 1.95. The van der Waals surface area contributed by atoms with E-state index in [2.05, 4.69) is 17.2 Å². The normalized spacial score (nSPS) is 11.3. The van der Waals surface area contributed by atoms with E-state index in [0.717, 1.165) is 16.8 Å². The number of hydrogen-bond acceptors (Lipinski definition) is 3. The van der Waals surface area contributed by atoms with Gasteiger partial charge in [-0.25, -0.2) is 4.79 Å². The van der Waals surface area contributed by atoms with Crippen LogP contribution in [0, 0.1) is 18.8 Å². The molecule has 0 fully saturated rings. The highest BCUT2D eigenvalue weighted by molar-refractivity contribution is 5.83. The Balaban J connectivity index is 2.19. The van der Waals surface area contributed by atoms with E-state index in [0.29, 0.717) is 0 Å². The highest BCUT2D eigenvalue weighted by Gasteiger charge is 2.18. The van der Waals surface area contributed by atoms with Gasteiger partial charge in [0.25, 0.3) is 0 Å². The fourth-order valence-electron chi connectivity index (χ4n) is 1.95. The highest BCUT2D eigenvalue weighted by atomic mass is 16.5. The lowest BCUT2D eigenvalue weighted by atomic mass is 10.2. The second-order valence-corrected chi connectivity index (χ2v) is 5.56. The number of nitrogens with one attached hydrogen (secondary N) is 1. The standard InChI is InChI=1S/C20H21NO2/c1-15(2)23-20(22)19(14-11-17-7-5-4-6-8-17)21-18-12-9-16(3)10-13-18/h4-10,12-13,15,19,21H,1-3H3/t19-/m1/s1. The highest BCUT2D eigenvalue weighted by Crippen LogP contribution is 2.11. The number of esters is 1. The lowest BCUT2D eigenvalue weighted by molar-refractivity contribution is -0.146. The first-order valence-corrected chi connectivity index (χ1v) is 7.65. The Kier molecular flexibility index (Phi) is 5.82. The average molecular weight is 307 g/mol. The summed E-state index contributed by atoms with van der Waals surface area (Å²) in [6, 6.07) is 16.7. The van der Waals surface area contributed by atoms with Crippen molar-refractivity contribution in [2.45, 2.75) is 32.9 Å². The summed E-state index contributed by atoms with van der Waals surface area (Å²) in [4.78, 5) is 12.3. The molecule has 0 saturated heterocycles. The molecule has 0 spiro atoms. The summed E-state index contributed by atoms with van der Waals surface area (Å²) >= 11 is 0. The lowest BCUT2D eigenvalue weighted by Crippen LogP contribution is -2.31. The molecule has 0 aliphatic carbocycles. The SMILES string of the molecule is Cc1ccc(N[C@H](C#Cc2ccccc2)C(=O)OC(C)C)cc1. The van der Waals surface area contributed by atoms with Crippen LogP contribution in [0.5, 0.6) is 0 Å². The molecule has 0 amide bonds. The molecular formula is C20H21NO2. The van der Waals surface area contributed by atoms with Gasteiger partial charge in [0.1, 0.15) is 0 Å². The van der Waals surface area contributed by atoms with Crippen molar-refractivity contribution in [2.75, 3.05) is 5.32 Å². The van der Waals surface area contributed by atoms with Crippen LogP contribution in [0.1, 0.15) is 25.0 Å². The van der Waals surface area contributed by atoms with Crippen molar-refractivity contribution in [1.29, 1.82) is 0 Å². The van der Waals surface area contributed by atoms with E-state index in [4.69, 9.17) is 4.74 Å². The van der Waals surface area contributed by atoms with Gasteiger partial charge in [0.15, 0.2) is 6.04 Å². The number of rotatable bonds is 4. The molecule has 0 heterocycles. The Labute approximate surface area is 137 Å². The maximum atomic E-state index is 12.3. The molecule has 3 nitrogen and oxygen atoms in total. The van der Waals surface area contributed by atoms with Gasteiger partial charge in [-0.1, -0.05) is 47.7 Å². The van der Waals surface area contributed by atoms with Crippen LogP contribution in [0.3, 0.4) is 0 Å². The quantitative estimate of drug-likeness (QED) is 0.690. The van der Waals surface area contributed by atoms with Crippen molar-refractivity contribution < 1.29 is 9.53 Å². The number of hydrogen-bond donors (Lipinski definition) is 1. The minimum atomic E-state index is -0.708. The van der Waals surface area contributed by atoms with E-state index in [-0.39, 0.29) is 12.1 Å². The number of carbonyl (C=O) groups excluding carboxylic acids is 1. The number of carbonyl (C=O) groups is 1. The molecule has 2 aromatic rings. The minimum Gasteiger partial charge on any atom is -0.461 e. The van der Waals surface area contributed by atoms with Crippen LogP contribution in [-0.2, 0) is 9.53 Å². The molecule has 23 heavy (non-hydrogen) atoms. The molecule has 0 radical (unpaired) electrons. The number of anilines is 1. The second-order valence-electron chi connectivity index (χ2n) is 5.56. The van der Waals surface area contributed by atoms with E-state index in [1.165, 1.54) is 0 Å². The smallest absolute Gasteiger partial charge is 0.341 e. The summed E-state index contributed by atoms with van der Waals surface area (Å²) in [6.07, 6.45) is -0.177. The van der Waals surface area contributed by atoms with Gasteiger partial charge < -0.3 is 10.1 Å². The first-order valence-electron chi connectivity index (χ1n) is 7.65. The molecule has 1 atom stereocenters. The molecule has 0 aromatic heterocycles. The molecule has 118 valence electrons. The Bertz CT molecular complexity index is 694. The van der Waals surface area contributed by atoms with Crippen molar-refractivity contribution in [3.05, 3.63) is 65.7 Å². The first kappa shape index (κ1) is 16.6. The number of benzene rings is 2. The van der Waals surface area contributed by atoms with E-state index in [9.17, 15) is 4.79 Å². The molecule has 0 bridgehead atoms. The Hall–Kier alpha value is -2.73. The van der Waals surface area contributed by atoms with Crippen LogP contribution in [0.2, 0.25) is 0 Å². The maximum absolute atomic E-state index is 12.3. The Morgan fingerprint density at radius 1 is 1.04 bits per heavy atom. The second kappa shape index (κ2) is 8.05. The van der Waals surface area contributed by atoms with Crippen molar-refractivity contribution >= 4 is 11.7 Å². The molecule has 2 rings (SSSR count). The van der Waals surface area contributed by atoms with Crippen LogP contribution >= 0.6 is 0 Å². The summed E-state index contributed by atoms with van der Waals surface area (Å²) in [5, 5.41) is 3.13. The topological polar surface area (TPSA) is 38.3 Å². The largest absolute Gasteiger partial charge is 0.461 e. The first-order chi connectivity index (χ1) is 11.0. The minimum absolute atomic E-state index is 0.177. The molecule has 0 aliphatic heterocycles. The lowest BCUT2D eigenvalue weighted by Gasteiger charge is -2.16. The van der Waals surface area contributed by atoms with Gasteiger partial charge in [-0.05, 0) is 45.0 Å². The predicted octanol–water partition coefficient (Wildman–Crippen LogP) is 3.78. The maximum Gasteiger partial charge on any atom is 0.341 e. The van der Waals surface area contributed by atoms with Crippen molar-refractivity contribution in [3.63, 3.8) is 0 Å². The van der Waals surface area contributed by atoms with E-state index in [1.807, 2.05) is 75.4 Å². The molecule has 0 saturated carbocycles. The molecule has 3 heteroatoms. The number of ether oxygens (including phenoxy) is 1. The van der Waals surface area contributed by atoms with Crippen molar-refractivity contribution in [2.24, 2.45) is 0 Å². The molecular weight excluding hydrogens is 286 g/mol. The molecule has 0 aliphatic rings. The summed E-state index contributed by atoms with van der Waals surface area (Å²) in [6.45, 7) is 5.67. The van der Waals surface area contributed by atoms with E-state index >= 15 is 0 Å². The zero-order valence-electron chi connectivity index (χ0n) is 13.7. The van der Waals surface area contributed by atoms with Crippen LogP contribution < -0.4 is 5.32 Å². The summed E-state index contributed by atoms with van der Waals surface area (Å²) in [5.74, 6) is 5.61. The van der Waals surface area contributed by atoms with Crippen LogP contribution in [0.15, 0.2) is 54.6 Å². The van der Waals surface area contributed by atoms with Crippen LogP contribution in [0.25, 0.3) is 0 Å². The van der Waals surface area contributed by atoms with Gasteiger partial charge >= 0.3 is 5.97 Å². The van der Waals surface area contributed by atoms with Gasteiger partial charge in [-0.2, -0.15) is 0 Å². The van der Waals surface area contributed by atoms with Gasteiger partial charge in [0.2, 0.25) is 0 Å². The molecule has 0 unspecified atom stereocenters. The summed E-state index contributed by atoms with van der Waals surface area (Å²) in [5.41, 5.74) is 2.86. The van der Waals surface area contributed by atoms with Crippen molar-refractivity contribution in [1.82, 2.24) is 0 Å². The third-order valence-electron chi connectivity index (χ3n) is 3.08.